The number of hydrogen-bond donors (Lipinski definition) is 1. The van der Waals surface area contributed by atoms with E-state index in [1.165, 1.54) is 0 Å². The summed E-state index contributed by atoms with van der Waals surface area (Å²) in [6.45, 7) is 0. The Morgan fingerprint density at radius 2 is 1.93 bits per heavy atom. The lowest BCUT2D eigenvalue weighted by Gasteiger charge is -2.09. The van der Waals surface area contributed by atoms with Crippen LogP contribution in [0.25, 0.3) is 0 Å². The molecule has 0 saturated heterocycles. The zero-order chi connectivity index (χ0) is 11.6. The zero-order valence-corrected chi connectivity index (χ0v) is 7.44. The van der Waals surface area contributed by atoms with Crippen LogP contribution in [0.15, 0.2) is 18.2 Å². The van der Waals surface area contributed by atoms with Crippen LogP contribution in [-0.2, 0) is 17.4 Å². The third-order valence-corrected chi connectivity index (χ3v) is 1.71. The number of hydrogen-bond acceptors (Lipinski definition) is 1. The summed E-state index contributed by atoms with van der Waals surface area (Å²) in [5, 5.41) is 0. The van der Waals surface area contributed by atoms with Crippen molar-refractivity contribution in [3.8, 4) is 0 Å². The number of carbonyl (C=O) groups excluding carboxylic acids is 1. The van der Waals surface area contributed by atoms with Crippen LogP contribution in [0.3, 0.4) is 0 Å². The molecule has 0 fully saturated rings. The first-order chi connectivity index (χ1) is 6.80. The first-order valence-electron chi connectivity index (χ1n) is 3.94. The van der Waals surface area contributed by atoms with E-state index < -0.39 is 23.5 Å². The van der Waals surface area contributed by atoms with E-state index in [2.05, 4.69) is 0 Å². The summed E-state index contributed by atoms with van der Waals surface area (Å²) in [7, 11) is 0. The molecule has 0 radical (unpaired) electrons. The van der Waals surface area contributed by atoms with E-state index in [9.17, 15) is 22.4 Å². The smallest absolute Gasteiger partial charge is 0.369 e. The molecule has 0 unspecified atom stereocenters. The van der Waals surface area contributed by atoms with E-state index in [0.29, 0.717) is 12.1 Å². The van der Waals surface area contributed by atoms with Crippen molar-refractivity contribution in [2.75, 3.05) is 0 Å². The van der Waals surface area contributed by atoms with Gasteiger partial charge in [0.2, 0.25) is 5.91 Å². The predicted octanol–water partition coefficient (Wildman–Crippen LogP) is 1.87. The lowest BCUT2D eigenvalue weighted by molar-refractivity contribution is -0.140. The molecular formula is C9H7F4NO. The number of rotatable bonds is 2. The lowest BCUT2D eigenvalue weighted by atomic mass is 10.1. The van der Waals surface area contributed by atoms with Crippen LogP contribution in [0.4, 0.5) is 17.6 Å². The molecule has 0 aliphatic carbocycles. The van der Waals surface area contributed by atoms with E-state index in [4.69, 9.17) is 5.73 Å². The molecule has 0 atom stereocenters. The van der Waals surface area contributed by atoms with Crippen LogP contribution in [0.5, 0.6) is 0 Å². The van der Waals surface area contributed by atoms with E-state index in [1.54, 1.807) is 0 Å². The Morgan fingerprint density at radius 1 is 1.33 bits per heavy atom. The summed E-state index contributed by atoms with van der Waals surface area (Å²) in [5.74, 6) is -2.13. The quantitative estimate of drug-likeness (QED) is 0.761. The molecule has 0 aliphatic rings. The molecule has 0 saturated carbocycles. The van der Waals surface area contributed by atoms with Gasteiger partial charge in [0.05, 0.1) is 12.0 Å². The van der Waals surface area contributed by atoms with Gasteiger partial charge in [-0.05, 0) is 17.7 Å². The highest BCUT2D eigenvalue weighted by Gasteiger charge is 2.34. The van der Waals surface area contributed by atoms with Gasteiger partial charge in [0.15, 0.2) is 0 Å². The van der Waals surface area contributed by atoms with Crippen molar-refractivity contribution < 1.29 is 22.4 Å². The van der Waals surface area contributed by atoms with Gasteiger partial charge in [-0.1, -0.05) is 6.07 Å². The molecule has 0 spiro atoms. The first-order valence-corrected chi connectivity index (χ1v) is 3.94. The topological polar surface area (TPSA) is 43.1 Å². The predicted molar refractivity (Wildman–Crippen MR) is 44.3 cm³/mol. The third-order valence-electron chi connectivity index (χ3n) is 1.71. The molecular weight excluding hydrogens is 214 g/mol. The van der Waals surface area contributed by atoms with Gasteiger partial charge in [-0.15, -0.1) is 0 Å². The van der Waals surface area contributed by atoms with Crippen LogP contribution >= 0.6 is 0 Å². The minimum Gasteiger partial charge on any atom is -0.369 e. The second-order valence-electron chi connectivity index (χ2n) is 2.96. The minimum absolute atomic E-state index is 0.0382. The maximum Gasteiger partial charge on any atom is 0.419 e. The third kappa shape index (κ3) is 2.93. The molecule has 0 heterocycles. The molecule has 1 aromatic rings. The highest BCUT2D eigenvalue weighted by Crippen LogP contribution is 2.31. The van der Waals surface area contributed by atoms with Gasteiger partial charge >= 0.3 is 6.18 Å². The van der Waals surface area contributed by atoms with Crippen LogP contribution in [-0.4, -0.2) is 5.91 Å². The molecule has 1 amide bonds. The summed E-state index contributed by atoms with van der Waals surface area (Å²) < 4.78 is 49.4. The van der Waals surface area contributed by atoms with Crippen molar-refractivity contribution in [1.82, 2.24) is 0 Å². The van der Waals surface area contributed by atoms with Crippen LogP contribution in [0.1, 0.15) is 11.1 Å². The number of nitrogens with two attached hydrogens (primary N) is 1. The average Bonchev–Trinajstić information content (AvgIpc) is 2.05. The fourth-order valence-electron chi connectivity index (χ4n) is 1.10. The lowest BCUT2D eigenvalue weighted by Crippen LogP contribution is -2.15. The van der Waals surface area contributed by atoms with Crippen molar-refractivity contribution in [2.45, 2.75) is 12.6 Å². The molecule has 82 valence electrons. The van der Waals surface area contributed by atoms with Crippen LogP contribution in [0.2, 0.25) is 0 Å². The number of alkyl halides is 3. The molecule has 1 rings (SSSR count). The van der Waals surface area contributed by atoms with Crippen molar-refractivity contribution in [3.63, 3.8) is 0 Å². The van der Waals surface area contributed by atoms with Gasteiger partial charge in [0.1, 0.15) is 5.82 Å². The summed E-state index contributed by atoms with van der Waals surface area (Å²) in [6, 6.07) is 2.34. The van der Waals surface area contributed by atoms with Crippen molar-refractivity contribution in [2.24, 2.45) is 5.73 Å². The normalized spacial score (nSPS) is 11.5. The monoisotopic (exact) mass is 221 g/mol. The highest BCUT2D eigenvalue weighted by atomic mass is 19.4. The maximum atomic E-state index is 12.8. The average molecular weight is 221 g/mol. The maximum absolute atomic E-state index is 12.8. The van der Waals surface area contributed by atoms with Crippen molar-refractivity contribution in [3.05, 3.63) is 35.1 Å². The SMILES string of the molecule is NC(=O)Cc1ccc(F)c(C(F)(F)F)c1. The van der Waals surface area contributed by atoms with Crippen LogP contribution in [0, 0.1) is 5.82 Å². The molecule has 0 aliphatic heterocycles. The van der Waals surface area contributed by atoms with Crippen LogP contribution < -0.4 is 5.73 Å². The van der Waals surface area contributed by atoms with E-state index in [-0.39, 0.29) is 12.0 Å². The van der Waals surface area contributed by atoms with Crippen molar-refractivity contribution in [1.29, 1.82) is 0 Å². The Morgan fingerprint density at radius 3 is 2.40 bits per heavy atom. The van der Waals surface area contributed by atoms with E-state index in [1.807, 2.05) is 0 Å². The molecule has 2 nitrogen and oxygen atoms in total. The van der Waals surface area contributed by atoms with Gasteiger partial charge in [0, 0.05) is 0 Å². The standard InChI is InChI=1S/C9H7F4NO/c10-7-2-1-5(4-8(14)15)3-6(7)9(11,12)13/h1-3H,4H2,(H2,14,15). The summed E-state index contributed by atoms with van der Waals surface area (Å²) in [6.07, 6.45) is -5.11. The minimum atomic E-state index is -4.77. The Labute approximate surface area is 82.7 Å². The van der Waals surface area contributed by atoms with Crippen molar-refractivity contribution >= 4 is 5.91 Å². The number of amides is 1. The Bertz CT molecular complexity index is 386. The molecule has 6 heteroatoms. The molecule has 2 N–H and O–H groups in total. The van der Waals surface area contributed by atoms with Gasteiger partial charge < -0.3 is 5.73 Å². The summed E-state index contributed by atoms with van der Waals surface area (Å²) in [4.78, 5) is 10.5. The number of benzene rings is 1. The van der Waals surface area contributed by atoms with Gasteiger partial charge in [-0.2, -0.15) is 13.2 Å². The molecule has 0 aromatic heterocycles. The van der Waals surface area contributed by atoms with E-state index >= 15 is 0 Å². The Balaban J connectivity index is 3.11. The summed E-state index contributed by atoms with van der Waals surface area (Å²) in [5.41, 5.74) is 3.46. The number of carbonyl (C=O) groups is 1. The second kappa shape index (κ2) is 3.88. The second-order valence-corrected chi connectivity index (χ2v) is 2.96. The number of primary amides is 1. The highest BCUT2D eigenvalue weighted by molar-refractivity contribution is 5.76. The largest absolute Gasteiger partial charge is 0.419 e. The molecule has 15 heavy (non-hydrogen) atoms. The molecule has 1 aromatic carbocycles. The molecule has 0 bridgehead atoms. The fraction of sp³-hybridized carbons (Fsp3) is 0.222. The van der Waals surface area contributed by atoms with Gasteiger partial charge in [0.25, 0.3) is 0 Å². The van der Waals surface area contributed by atoms with E-state index in [0.717, 1.165) is 6.07 Å². The first kappa shape index (κ1) is 11.5. The summed E-state index contributed by atoms with van der Waals surface area (Å²) >= 11 is 0. The van der Waals surface area contributed by atoms with Gasteiger partial charge in [-0.25, -0.2) is 4.39 Å². The zero-order valence-electron chi connectivity index (χ0n) is 7.44. The number of halogens is 4. The Hall–Kier alpha value is -1.59. The fourth-order valence-corrected chi connectivity index (χ4v) is 1.10. The van der Waals surface area contributed by atoms with Gasteiger partial charge in [-0.3, -0.25) is 4.79 Å². The Kier molecular flexibility index (Phi) is 2.97.